The van der Waals surface area contributed by atoms with Gasteiger partial charge in [-0.2, -0.15) is 5.10 Å². The Kier molecular flexibility index (Phi) is 4.01. The number of carbonyl (C=O) groups excluding carboxylic acids is 2. The van der Waals surface area contributed by atoms with Crippen LogP contribution in [0.3, 0.4) is 0 Å². The number of methoxy groups -OCH3 is 1. The SMILES string of the molecule is COc1ccc(-n2ccc(C(=O)N3CCC(C(N)=O)C3)n2)cc1. The quantitative estimate of drug-likeness (QED) is 0.905. The van der Waals surface area contributed by atoms with Gasteiger partial charge in [0.1, 0.15) is 5.75 Å². The summed E-state index contributed by atoms with van der Waals surface area (Å²) < 4.78 is 6.75. The zero-order chi connectivity index (χ0) is 16.4. The minimum absolute atomic E-state index is 0.180. The second-order valence-electron chi connectivity index (χ2n) is 5.48. The third kappa shape index (κ3) is 3.03. The Morgan fingerprint density at radius 1 is 1.26 bits per heavy atom. The number of aromatic nitrogens is 2. The fourth-order valence-electron chi connectivity index (χ4n) is 2.66. The lowest BCUT2D eigenvalue weighted by Crippen LogP contribution is -2.32. The first kappa shape index (κ1) is 15.1. The van der Waals surface area contributed by atoms with Crippen LogP contribution in [0.1, 0.15) is 16.9 Å². The highest BCUT2D eigenvalue weighted by molar-refractivity contribution is 5.93. The van der Waals surface area contributed by atoms with E-state index in [2.05, 4.69) is 5.10 Å². The van der Waals surface area contributed by atoms with Crippen molar-refractivity contribution in [1.82, 2.24) is 14.7 Å². The molecule has 0 saturated carbocycles. The molecule has 2 N–H and O–H groups in total. The minimum Gasteiger partial charge on any atom is -0.497 e. The first-order valence-electron chi connectivity index (χ1n) is 7.37. The van der Waals surface area contributed by atoms with Crippen LogP contribution in [0.25, 0.3) is 5.69 Å². The molecule has 120 valence electrons. The summed E-state index contributed by atoms with van der Waals surface area (Å²) in [5.41, 5.74) is 6.48. The fraction of sp³-hybridized carbons (Fsp3) is 0.312. The molecule has 0 aliphatic carbocycles. The van der Waals surface area contributed by atoms with Crippen LogP contribution >= 0.6 is 0 Å². The van der Waals surface area contributed by atoms with E-state index in [-0.39, 0.29) is 17.7 Å². The molecule has 7 nitrogen and oxygen atoms in total. The van der Waals surface area contributed by atoms with Crippen molar-refractivity contribution in [1.29, 1.82) is 0 Å². The number of nitrogens with zero attached hydrogens (tertiary/aromatic N) is 3. The van der Waals surface area contributed by atoms with Gasteiger partial charge >= 0.3 is 0 Å². The lowest BCUT2D eigenvalue weighted by Gasteiger charge is -2.14. The van der Waals surface area contributed by atoms with Crippen LogP contribution in [-0.4, -0.2) is 46.7 Å². The summed E-state index contributed by atoms with van der Waals surface area (Å²) in [5, 5.41) is 4.32. The summed E-state index contributed by atoms with van der Waals surface area (Å²) in [5.74, 6) is -0.0422. The van der Waals surface area contributed by atoms with E-state index in [4.69, 9.17) is 10.5 Å². The molecule has 3 rings (SSSR count). The van der Waals surface area contributed by atoms with E-state index in [9.17, 15) is 9.59 Å². The van der Waals surface area contributed by atoms with Gasteiger partial charge in [0, 0.05) is 19.3 Å². The summed E-state index contributed by atoms with van der Waals surface area (Å²) in [7, 11) is 1.61. The van der Waals surface area contributed by atoms with Crippen molar-refractivity contribution < 1.29 is 14.3 Å². The molecule has 2 aromatic rings. The maximum absolute atomic E-state index is 12.4. The largest absolute Gasteiger partial charge is 0.497 e. The Morgan fingerprint density at radius 3 is 2.61 bits per heavy atom. The fourth-order valence-corrected chi connectivity index (χ4v) is 2.66. The molecule has 1 aromatic heterocycles. The highest BCUT2D eigenvalue weighted by Gasteiger charge is 2.31. The van der Waals surface area contributed by atoms with Crippen molar-refractivity contribution in [2.24, 2.45) is 11.7 Å². The van der Waals surface area contributed by atoms with Crippen LogP contribution in [0.2, 0.25) is 0 Å². The zero-order valence-corrected chi connectivity index (χ0v) is 12.8. The van der Waals surface area contributed by atoms with Gasteiger partial charge < -0.3 is 15.4 Å². The lowest BCUT2D eigenvalue weighted by molar-refractivity contribution is -0.121. The van der Waals surface area contributed by atoms with Crippen LogP contribution in [0, 0.1) is 5.92 Å². The maximum Gasteiger partial charge on any atom is 0.274 e. The Hall–Kier alpha value is -2.83. The summed E-state index contributed by atoms with van der Waals surface area (Å²) in [6, 6.07) is 9.05. The number of hydrogen-bond donors (Lipinski definition) is 1. The molecule has 0 spiro atoms. The van der Waals surface area contributed by atoms with E-state index >= 15 is 0 Å². The van der Waals surface area contributed by atoms with Gasteiger partial charge in [-0.05, 0) is 36.8 Å². The Morgan fingerprint density at radius 2 is 2.00 bits per heavy atom. The minimum atomic E-state index is -0.357. The number of ether oxygens (including phenoxy) is 1. The van der Waals surface area contributed by atoms with Crippen LogP contribution in [0.15, 0.2) is 36.5 Å². The van der Waals surface area contributed by atoms with Crippen LogP contribution in [0.4, 0.5) is 0 Å². The first-order chi connectivity index (χ1) is 11.1. The van der Waals surface area contributed by atoms with E-state index in [0.29, 0.717) is 25.2 Å². The normalized spacial score (nSPS) is 17.3. The number of nitrogens with two attached hydrogens (primary N) is 1. The van der Waals surface area contributed by atoms with Crippen LogP contribution in [0.5, 0.6) is 5.75 Å². The standard InChI is InChI=1S/C16H18N4O3/c1-23-13-4-2-12(3-5-13)20-9-7-14(18-20)16(22)19-8-6-11(10-19)15(17)21/h2-5,7,9,11H,6,8,10H2,1H3,(H2,17,21). The molecular weight excluding hydrogens is 296 g/mol. The lowest BCUT2D eigenvalue weighted by atomic mass is 10.1. The molecule has 0 radical (unpaired) electrons. The predicted molar refractivity (Wildman–Crippen MR) is 83.3 cm³/mol. The average molecular weight is 314 g/mol. The molecule has 1 unspecified atom stereocenters. The number of rotatable bonds is 4. The average Bonchev–Trinajstić information content (AvgIpc) is 3.24. The van der Waals surface area contributed by atoms with Crippen molar-refractivity contribution in [3.8, 4) is 11.4 Å². The summed E-state index contributed by atoms with van der Waals surface area (Å²) in [4.78, 5) is 25.3. The maximum atomic E-state index is 12.4. The number of benzene rings is 1. The topological polar surface area (TPSA) is 90.5 Å². The molecule has 0 bridgehead atoms. The summed E-state index contributed by atoms with van der Waals surface area (Å²) in [6.07, 6.45) is 2.34. The van der Waals surface area contributed by atoms with Gasteiger partial charge in [0.2, 0.25) is 5.91 Å². The predicted octanol–water partition coefficient (Wildman–Crippen LogP) is 0.828. The van der Waals surface area contributed by atoms with Crippen molar-refractivity contribution in [2.45, 2.75) is 6.42 Å². The first-order valence-corrected chi connectivity index (χ1v) is 7.37. The second-order valence-corrected chi connectivity index (χ2v) is 5.48. The molecule has 1 fully saturated rings. The molecule has 7 heteroatoms. The highest BCUT2D eigenvalue weighted by atomic mass is 16.5. The van der Waals surface area contributed by atoms with Gasteiger partial charge in [-0.3, -0.25) is 9.59 Å². The molecule has 2 amide bonds. The highest BCUT2D eigenvalue weighted by Crippen LogP contribution is 2.19. The zero-order valence-electron chi connectivity index (χ0n) is 12.8. The van der Waals surface area contributed by atoms with Gasteiger partial charge in [0.15, 0.2) is 5.69 Å². The molecule has 1 aliphatic heterocycles. The molecule has 1 saturated heterocycles. The molecule has 23 heavy (non-hydrogen) atoms. The molecule has 1 aromatic carbocycles. The third-order valence-corrected chi connectivity index (χ3v) is 4.02. The molecule has 2 heterocycles. The van der Waals surface area contributed by atoms with E-state index in [0.717, 1.165) is 11.4 Å². The third-order valence-electron chi connectivity index (χ3n) is 4.02. The van der Waals surface area contributed by atoms with Crippen molar-refractivity contribution >= 4 is 11.8 Å². The van der Waals surface area contributed by atoms with E-state index in [1.54, 1.807) is 29.0 Å². The van der Waals surface area contributed by atoms with Gasteiger partial charge in [0.05, 0.1) is 18.7 Å². The van der Waals surface area contributed by atoms with Gasteiger partial charge in [-0.1, -0.05) is 0 Å². The second kappa shape index (κ2) is 6.12. The van der Waals surface area contributed by atoms with Crippen LogP contribution < -0.4 is 10.5 Å². The number of primary amides is 1. The molecule has 1 aliphatic rings. The number of carbonyl (C=O) groups is 2. The number of likely N-dealkylation sites (tertiary alicyclic amines) is 1. The Balaban J connectivity index is 1.73. The molecular formula is C16H18N4O3. The van der Waals surface area contributed by atoms with Crippen molar-refractivity contribution in [3.05, 3.63) is 42.2 Å². The number of amides is 2. The van der Waals surface area contributed by atoms with Crippen LogP contribution in [-0.2, 0) is 4.79 Å². The monoisotopic (exact) mass is 314 g/mol. The van der Waals surface area contributed by atoms with E-state index in [1.165, 1.54) is 0 Å². The smallest absolute Gasteiger partial charge is 0.274 e. The Bertz CT molecular complexity index is 723. The van der Waals surface area contributed by atoms with Gasteiger partial charge in [0.25, 0.3) is 5.91 Å². The summed E-state index contributed by atoms with van der Waals surface area (Å²) in [6.45, 7) is 0.894. The van der Waals surface area contributed by atoms with E-state index < -0.39 is 0 Å². The van der Waals surface area contributed by atoms with Gasteiger partial charge in [-0.25, -0.2) is 4.68 Å². The molecule has 1 atom stereocenters. The van der Waals surface area contributed by atoms with Crippen molar-refractivity contribution in [2.75, 3.05) is 20.2 Å². The van der Waals surface area contributed by atoms with Crippen molar-refractivity contribution in [3.63, 3.8) is 0 Å². The summed E-state index contributed by atoms with van der Waals surface area (Å²) >= 11 is 0. The van der Waals surface area contributed by atoms with E-state index in [1.807, 2.05) is 24.3 Å². The number of hydrogen-bond acceptors (Lipinski definition) is 4. The van der Waals surface area contributed by atoms with Gasteiger partial charge in [-0.15, -0.1) is 0 Å². The Labute approximate surface area is 133 Å².